The van der Waals surface area contributed by atoms with Crippen molar-refractivity contribution < 1.29 is 28.2 Å². The maximum absolute atomic E-state index is 12.3. The number of allylic oxidation sites excluding steroid dienone is 1. The fourth-order valence-corrected chi connectivity index (χ4v) is 4.62. The fraction of sp³-hybridized carbons (Fsp3) is 0.455. The van der Waals surface area contributed by atoms with Crippen LogP contribution in [0.15, 0.2) is 22.1 Å². The minimum atomic E-state index is -4.03. The van der Waals surface area contributed by atoms with Crippen LogP contribution >= 0.6 is 47.8 Å². The van der Waals surface area contributed by atoms with Crippen LogP contribution in [0.3, 0.4) is 0 Å². The lowest BCUT2D eigenvalue weighted by molar-refractivity contribution is -0.132. The van der Waals surface area contributed by atoms with Crippen LogP contribution in [-0.2, 0) is 19.4 Å². The third-order valence-electron chi connectivity index (χ3n) is 2.79. The molecule has 124 valence electrons. The van der Waals surface area contributed by atoms with Gasteiger partial charge in [0.25, 0.3) is 0 Å². The summed E-state index contributed by atoms with van der Waals surface area (Å²) in [6.07, 6.45) is 1.00. The van der Waals surface area contributed by atoms with Gasteiger partial charge in [0.2, 0.25) is 17.2 Å². The number of carbonyl (C=O) groups excluding carboxylic acids is 1. The summed E-state index contributed by atoms with van der Waals surface area (Å²) in [6, 6.07) is 0. The molecule has 7 nitrogen and oxygen atoms in total. The predicted octanol–water partition coefficient (Wildman–Crippen LogP) is 1.36. The van der Waals surface area contributed by atoms with Gasteiger partial charge in [0, 0.05) is 12.1 Å². The number of aliphatic hydroxyl groups is 1. The minimum absolute atomic E-state index is 0.0285. The highest BCUT2D eigenvalue weighted by molar-refractivity contribution is 9.42. The third kappa shape index (κ3) is 4.40. The Morgan fingerprint density at radius 1 is 1.27 bits per heavy atom. The van der Waals surface area contributed by atoms with Crippen LogP contribution in [0.4, 0.5) is 0 Å². The topological polar surface area (TPSA) is 121 Å². The van der Waals surface area contributed by atoms with Gasteiger partial charge in [0.15, 0.2) is 0 Å². The molecule has 1 aliphatic carbocycles. The maximum atomic E-state index is 12.3. The summed E-state index contributed by atoms with van der Waals surface area (Å²) in [7, 11) is -4.03. The summed E-state index contributed by atoms with van der Waals surface area (Å²) in [6.45, 7) is -0.222. The number of hydrogen-bond donors (Lipinski definition) is 3. The molecule has 0 aliphatic heterocycles. The number of carboxylic acids is 1. The van der Waals surface area contributed by atoms with Gasteiger partial charge in [-0.2, -0.15) is 0 Å². The normalized spacial score (nSPS) is 16.3. The zero-order valence-electron chi connectivity index (χ0n) is 11.0. The van der Waals surface area contributed by atoms with Crippen molar-refractivity contribution >= 4 is 69.5 Å². The van der Waals surface area contributed by atoms with Crippen molar-refractivity contribution in [2.45, 2.75) is 14.3 Å². The van der Waals surface area contributed by atoms with Crippen LogP contribution < -0.4 is 5.32 Å². The molecule has 0 radical (unpaired) electrons. The van der Waals surface area contributed by atoms with E-state index < -0.39 is 28.8 Å². The number of halogens is 3. The van der Waals surface area contributed by atoms with Crippen molar-refractivity contribution in [1.29, 1.82) is 0 Å². The van der Waals surface area contributed by atoms with Gasteiger partial charge < -0.3 is 15.5 Å². The summed E-state index contributed by atoms with van der Waals surface area (Å²) >= 11 is 8.64. The molecular formula is C11H12Br3NO6S. The van der Waals surface area contributed by atoms with Crippen LogP contribution in [0.2, 0.25) is 0 Å². The summed E-state index contributed by atoms with van der Waals surface area (Å²) < 4.78 is 23.0. The highest BCUT2D eigenvalue weighted by Gasteiger charge is 2.42. The zero-order valence-corrected chi connectivity index (χ0v) is 16.5. The molecule has 3 N–H and O–H groups in total. The van der Waals surface area contributed by atoms with Crippen LogP contribution in [0.1, 0.15) is 12.8 Å². The van der Waals surface area contributed by atoms with Gasteiger partial charge >= 0.3 is 5.97 Å². The molecule has 0 aromatic carbocycles. The average Bonchev–Trinajstić information content (AvgIpc) is 2.42. The van der Waals surface area contributed by atoms with E-state index >= 15 is 0 Å². The number of carbonyl (C=O) groups is 2. The molecule has 0 atom stereocenters. The van der Waals surface area contributed by atoms with Crippen molar-refractivity contribution in [2.24, 2.45) is 0 Å². The summed E-state index contributed by atoms with van der Waals surface area (Å²) in [5.41, 5.74) is -0.308. The molecule has 0 saturated heterocycles. The van der Waals surface area contributed by atoms with Crippen LogP contribution in [-0.4, -0.2) is 45.1 Å². The number of carboxylic acid groups (broad SMARTS) is 1. The van der Waals surface area contributed by atoms with E-state index in [1.807, 2.05) is 0 Å². The molecule has 0 heterocycles. The number of amides is 1. The standard InChI is InChI=1S/C11H12Br3NO6S/c12-11(13,14)22(20,21)8-2-1-6(5-7(8)10(18)19)9(17)15-3-4-16/h5,16H,1-4H2,(H,15,17)(H,18,19). The molecule has 0 aromatic rings. The molecular weight excluding hydrogens is 514 g/mol. The van der Waals surface area contributed by atoms with Crippen molar-refractivity contribution in [1.82, 2.24) is 5.32 Å². The van der Waals surface area contributed by atoms with E-state index in [1.54, 1.807) is 0 Å². The maximum Gasteiger partial charge on any atom is 0.336 e. The molecule has 11 heteroatoms. The van der Waals surface area contributed by atoms with Gasteiger partial charge in [0.05, 0.1) is 17.1 Å². The van der Waals surface area contributed by atoms with Gasteiger partial charge in [-0.05, 0) is 66.7 Å². The van der Waals surface area contributed by atoms with E-state index in [-0.39, 0.29) is 36.5 Å². The largest absolute Gasteiger partial charge is 0.478 e. The molecule has 0 aromatic heterocycles. The van der Waals surface area contributed by atoms with E-state index in [0.717, 1.165) is 6.08 Å². The predicted molar refractivity (Wildman–Crippen MR) is 90.5 cm³/mol. The Morgan fingerprint density at radius 3 is 2.32 bits per heavy atom. The Hall–Kier alpha value is -0.230. The summed E-state index contributed by atoms with van der Waals surface area (Å²) in [5.74, 6) is -1.98. The first kappa shape index (κ1) is 19.8. The number of alkyl halides is 3. The minimum Gasteiger partial charge on any atom is -0.478 e. The lowest BCUT2D eigenvalue weighted by Gasteiger charge is -2.22. The van der Waals surface area contributed by atoms with E-state index in [1.165, 1.54) is 0 Å². The Labute approximate surface area is 152 Å². The first-order valence-electron chi connectivity index (χ1n) is 5.89. The number of rotatable bonds is 5. The first-order chi connectivity index (χ1) is 10.0. The molecule has 1 amide bonds. The molecule has 22 heavy (non-hydrogen) atoms. The van der Waals surface area contributed by atoms with Crippen molar-refractivity contribution in [3.8, 4) is 0 Å². The average molecular weight is 526 g/mol. The highest BCUT2D eigenvalue weighted by atomic mass is 80.0. The van der Waals surface area contributed by atoms with Crippen LogP contribution in [0.5, 0.6) is 0 Å². The lowest BCUT2D eigenvalue weighted by Crippen LogP contribution is -2.30. The Morgan fingerprint density at radius 2 is 1.86 bits per heavy atom. The van der Waals surface area contributed by atoms with Crippen molar-refractivity contribution in [3.63, 3.8) is 0 Å². The van der Waals surface area contributed by atoms with Crippen molar-refractivity contribution in [2.75, 3.05) is 13.2 Å². The van der Waals surface area contributed by atoms with Crippen LogP contribution in [0.25, 0.3) is 0 Å². The fourth-order valence-electron chi connectivity index (χ4n) is 1.77. The second-order valence-electron chi connectivity index (χ2n) is 4.24. The Kier molecular flexibility index (Phi) is 6.81. The molecule has 0 fully saturated rings. The van der Waals surface area contributed by atoms with E-state index in [9.17, 15) is 23.1 Å². The second-order valence-corrected chi connectivity index (χ2v) is 14.7. The number of aliphatic hydroxyl groups excluding tert-OH is 1. The Bertz CT molecular complexity index is 647. The second kappa shape index (κ2) is 7.56. The number of hydrogen-bond acceptors (Lipinski definition) is 5. The smallest absolute Gasteiger partial charge is 0.336 e. The van der Waals surface area contributed by atoms with Gasteiger partial charge in [0.1, 0.15) is 0 Å². The van der Waals surface area contributed by atoms with Gasteiger partial charge in [-0.3, -0.25) is 4.79 Å². The van der Waals surface area contributed by atoms with E-state index in [4.69, 9.17) is 5.11 Å². The van der Waals surface area contributed by atoms with E-state index in [2.05, 4.69) is 53.1 Å². The zero-order chi connectivity index (χ0) is 17.1. The number of aliphatic carboxylic acids is 1. The van der Waals surface area contributed by atoms with E-state index in [0.29, 0.717) is 0 Å². The molecule has 0 saturated carbocycles. The molecule has 1 aliphatic rings. The first-order valence-corrected chi connectivity index (χ1v) is 9.76. The summed E-state index contributed by atoms with van der Waals surface area (Å²) in [5, 5.41) is 20.3. The molecule has 0 unspecified atom stereocenters. The SMILES string of the molecule is O=C(O)C1=C(S(=O)(=O)C(Br)(Br)Br)CCC(C(=O)NCCO)=C1. The lowest BCUT2D eigenvalue weighted by atomic mass is 9.98. The molecule has 0 spiro atoms. The van der Waals surface area contributed by atoms with Gasteiger partial charge in [-0.15, -0.1) is 0 Å². The quantitative estimate of drug-likeness (QED) is 0.466. The van der Waals surface area contributed by atoms with Crippen molar-refractivity contribution in [3.05, 3.63) is 22.1 Å². The number of nitrogens with one attached hydrogen (secondary N) is 1. The Balaban J connectivity index is 3.31. The third-order valence-corrected chi connectivity index (χ3v) is 8.31. The highest BCUT2D eigenvalue weighted by Crippen LogP contribution is 2.45. The van der Waals surface area contributed by atoms with Gasteiger partial charge in [-0.1, -0.05) is 0 Å². The number of sulfone groups is 1. The van der Waals surface area contributed by atoms with Gasteiger partial charge in [-0.25, -0.2) is 13.2 Å². The monoisotopic (exact) mass is 523 g/mol. The van der Waals surface area contributed by atoms with Crippen LogP contribution in [0, 0.1) is 0 Å². The summed E-state index contributed by atoms with van der Waals surface area (Å²) in [4.78, 5) is 22.8. The molecule has 1 rings (SSSR count). The molecule has 0 bridgehead atoms.